The molecule has 9 heteroatoms. The van der Waals surface area contributed by atoms with Gasteiger partial charge in [-0.2, -0.15) is 0 Å². The standard InChI is InChI=1S/C23H26ClFN2O5/c1-15(10-11-26-23(29)14-32-18-5-7-19(24)20(25)13-18)27-22(28)9-4-16-12-17(30-2)6-8-21(16)31-3/h5-8,12-13H,1,4,9-11,14H2,2-3H3,(H,26,29)(H,27,28). The maximum atomic E-state index is 13.4. The lowest BCUT2D eigenvalue weighted by Gasteiger charge is -2.12. The third-order valence-corrected chi connectivity index (χ3v) is 4.74. The number of hydrogen-bond acceptors (Lipinski definition) is 5. The SMILES string of the molecule is C=C(CCNC(=O)COc1ccc(Cl)c(F)c1)NC(=O)CCc1cc(OC)ccc1OC. The summed E-state index contributed by atoms with van der Waals surface area (Å²) in [5, 5.41) is 5.34. The van der Waals surface area contributed by atoms with Gasteiger partial charge in [0.25, 0.3) is 5.91 Å². The van der Waals surface area contributed by atoms with Gasteiger partial charge in [-0.3, -0.25) is 9.59 Å². The Morgan fingerprint density at radius 1 is 1.03 bits per heavy atom. The first-order valence-electron chi connectivity index (χ1n) is 9.85. The maximum Gasteiger partial charge on any atom is 0.257 e. The molecule has 0 heterocycles. The van der Waals surface area contributed by atoms with Crippen molar-refractivity contribution in [2.24, 2.45) is 0 Å². The number of rotatable bonds is 12. The van der Waals surface area contributed by atoms with Crippen LogP contribution in [-0.4, -0.2) is 39.2 Å². The van der Waals surface area contributed by atoms with Crippen molar-refractivity contribution in [1.29, 1.82) is 0 Å². The second-order valence-electron chi connectivity index (χ2n) is 6.79. The number of carbonyl (C=O) groups excluding carboxylic acids is 2. The fraction of sp³-hybridized carbons (Fsp3) is 0.304. The second-order valence-corrected chi connectivity index (χ2v) is 7.20. The second kappa shape index (κ2) is 12.6. The van der Waals surface area contributed by atoms with Crippen LogP contribution in [-0.2, 0) is 16.0 Å². The molecule has 0 saturated heterocycles. The van der Waals surface area contributed by atoms with Gasteiger partial charge in [-0.05, 0) is 42.3 Å². The van der Waals surface area contributed by atoms with Gasteiger partial charge < -0.3 is 24.8 Å². The van der Waals surface area contributed by atoms with Gasteiger partial charge in [0.2, 0.25) is 5.91 Å². The lowest BCUT2D eigenvalue weighted by Crippen LogP contribution is -2.31. The fourth-order valence-electron chi connectivity index (χ4n) is 2.77. The number of benzene rings is 2. The van der Waals surface area contributed by atoms with E-state index in [9.17, 15) is 14.0 Å². The Kier molecular flexibility index (Phi) is 9.81. The lowest BCUT2D eigenvalue weighted by molar-refractivity contribution is -0.123. The lowest BCUT2D eigenvalue weighted by atomic mass is 10.1. The van der Waals surface area contributed by atoms with Gasteiger partial charge in [-0.15, -0.1) is 0 Å². The molecule has 0 radical (unpaired) electrons. The molecule has 0 unspecified atom stereocenters. The molecule has 2 amide bonds. The minimum Gasteiger partial charge on any atom is -0.497 e. The molecule has 0 fully saturated rings. The third kappa shape index (κ3) is 8.11. The Balaban J connectivity index is 1.67. The van der Waals surface area contributed by atoms with Crippen LogP contribution in [0.4, 0.5) is 4.39 Å². The molecule has 0 aliphatic carbocycles. The molecule has 7 nitrogen and oxygen atoms in total. The highest BCUT2D eigenvalue weighted by molar-refractivity contribution is 6.30. The third-order valence-electron chi connectivity index (χ3n) is 4.44. The van der Waals surface area contributed by atoms with Crippen molar-refractivity contribution in [1.82, 2.24) is 10.6 Å². The summed E-state index contributed by atoms with van der Waals surface area (Å²) in [6.45, 7) is 3.79. The van der Waals surface area contributed by atoms with Gasteiger partial charge in [0.1, 0.15) is 23.1 Å². The van der Waals surface area contributed by atoms with E-state index in [2.05, 4.69) is 17.2 Å². The fourth-order valence-corrected chi connectivity index (χ4v) is 2.88. The zero-order valence-corrected chi connectivity index (χ0v) is 18.8. The molecule has 172 valence electrons. The average Bonchev–Trinajstić information content (AvgIpc) is 2.78. The number of methoxy groups -OCH3 is 2. The van der Waals surface area contributed by atoms with E-state index in [-0.39, 0.29) is 42.2 Å². The van der Waals surface area contributed by atoms with Crippen molar-refractivity contribution >= 4 is 23.4 Å². The molecule has 2 aromatic rings. The predicted octanol–water partition coefficient (Wildman–Crippen LogP) is 3.64. The maximum absolute atomic E-state index is 13.4. The Hall–Kier alpha value is -3.26. The van der Waals surface area contributed by atoms with Crippen LogP contribution in [0.1, 0.15) is 18.4 Å². The molecule has 2 N–H and O–H groups in total. The van der Waals surface area contributed by atoms with Gasteiger partial charge in [-0.1, -0.05) is 18.2 Å². The summed E-state index contributed by atoms with van der Waals surface area (Å²) in [6.07, 6.45) is 1.06. The smallest absolute Gasteiger partial charge is 0.257 e. The Morgan fingerprint density at radius 3 is 2.47 bits per heavy atom. The summed E-state index contributed by atoms with van der Waals surface area (Å²) in [5.74, 6) is 0.368. The first-order chi connectivity index (χ1) is 15.3. The van der Waals surface area contributed by atoms with Crippen molar-refractivity contribution in [3.8, 4) is 17.2 Å². The zero-order valence-electron chi connectivity index (χ0n) is 18.0. The van der Waals surface area contributed by atoms with Gasteiger partial charge in [-0.25, -0.2) is 4.39 Å². The van der Waals surface area contributed by atoms with E-state index in [0.29, 0.717) is 30.0 Å². The van der Waals surface area contributed by atoms with Gasteiger partial charge in [0.15, 0.2) is 6.61 Å². The molecule has 32 heavy (non-hydrogen) atoms. The summed E-state index contributed by atoms with van der Waals surface area (Å²) in [6, 6.07) is 9.33. The monoisotopic (exact) mass is 464 g/mol. The highest BCUT2D eigenvalue weighted by Gasteiger charge is 2.10. The van der Waals surface area contributed by atoms with Crippen LogP contribution in [0.3, 0.4) is 0 Å². The molecular weight excluding hydrogens is 439 g/mol. The Labute approximate surface area is 191 Å². The van der Waals surface area contributed by atoms with Gasteiger partial charge in [0, 0.05) is 31.1 Å². The van der Waals surface area contributed by atoms with Crippen LogP contribution < -0.4 is 24.8 Å². The van der Waals surface area contributed by atoms with E-state index in [4.69, 9.17) is 25.8 Å². The summed E-state index contributed by atoms with van der Waals surface area (Å²) < 4.78 is 29.1. The number of hydrogen-bond donors (Lipinski definition) is 2. The summed E-state index contributed by atoms with van der Waals surface area (Å²) in [5.41, 5.74) is 1.34. The Morgan fingerprint density at radius 2 is 1.78 bits per heavy atom. The molecule has 0 spiro atoms. The van der Waals surface area contributed by atoms with Crippen molar-refractivity contribution < 1.29 is 28.2 Å². The number of carbonyl (C=O) groups is 2. The number of amides is 2. The minimum absolute atomic E-state index is 0.0232. The van der Waals surface area contributed by atoms with Crippen LogP contribution in [0, 0.1) is 5.82 Å². The highest BCUT2D eigenvalue weighted by atomic mass is 35.5. The largest absolute Gasteiger partial charge is 0.497 e. The number of nitrogens with one attached hydrogen (secondary N) is 2. The van der Waals surface area contributed by atoms with Crippen molar-refractivity contribution in [2.75, 3.05) is 27.4 Å². The van der Waals surface area contributed by atoms with E-state index in [0.717, 1.165) is 11.6 Å². The zero-order chi connectivity index (χ0) is 23.5. The topological polar surface area (TPSA) is 85.9 Å². The van der Waals surface area contributed by atoms with Crippen LogP contribution in [0.5, 0.6) is 17.2 Å². The molecule has 2 aromatic carbocycles. The van der Waals surface area contributed by atoms with Crippen molar-refractivity contribution in [3.63, 3.8) is 0 Å². The highest BCUT2D eigenvalue weighted by Crippen LogP contribution is 2.25. The summed E-state index contributed by atoms with van der Waals surface area (Å²) >= 11 is 5.60. The molecule has 0 aliphatic heterocycles. The number of aryl methyl sites for hydroxylation is 1. The van der Waals surface area contributed by atoms with Crippen molar-refractivity contribution in [3.05, 3.63) is 65.1 Å². The molecule has 2 rings (SSSR count). The molecule has 0 atom stereocenters. The first-order valence-corrected chi connectivity index (χ1v) is 10.2. The van der Waals surface area contributed by atoms with Gasteiger partial charge >= 0.3 is 0 Å². The van der Waals surface area contributed by atoms with Crippen LogP contribution in [0.25, 0.3) is 0 Å². The average molecular weight is 465 g/mol. The van der Waals surface area contributed by atoms with Crippen LogP contribution in [0.2, 0.25) is 5.02 Å². The van der Waals surface area contributed by atoms with Crippen LogP contribution in [0.15, 0.2) is 48.7 Å². The number of ether oxygens (including phenoxy) is 3. The van der Waals surface area contributed by atoms with E-state index in [1.165, 1.54) is 12.1 Å². The quantitative estimate of drug-likeness (QED) is 0.501. The Bertz CT molecular complexity index is 967. The molecule has 0 bridgehead atoms. The predicted molar refractivity (Wildman–Crippen MR) is 120 cm³/mol. The summed E-state index contributed by atoms with van der Waals surface area (Å²) in [7, 11) is 3.14. The summed E-state index contributed by atoms with van der Waals surface area (Å²) in [4.78, 5) is 24.0. The van der Waals surface area contributed by atoms with E-state index >= 15 is 0 Å². The van der Waals surface area contributed by atoms with E-state index in [1.54, 1.807) is 26.4 Å². The van der Waals surface area contributed by atoms with Crippen molar-refractivity contribution in [2.45, 2.75) is 19.3 Å². The molecule has 0 aliphatic rings. The normalized spacial score (nSPS) is 10.2. The molecule has 0 saturated carbocycles. The van der Waals surface area contributed by atoms with Gasteiger partial charge in [0.05, 0.1) is 19.2 Å². The first kappa shape index (κ1) is 25.0. The van der Waals surface area contributed by atoms with Crippen LogP contribution >= 0.6 is 11.6 Å². The van der Waals surface area contributed by atoms with E-state index in [1.807, 2.05) is 6.07 Å². The number of halogens is 2. The molecular formula is C23H26ClFN2O5. The molecule has 0 aromatic heterocycles. The minimum atomic E-state index is -0.624. The van der Waals surface area contributed by atoms with E-state index < -0.39 is 5.82 Å².